The van der Waals surface area contributed by atoms with Crippen molar-refractivity contribution in [1.29, 1.82) is 0 Å². The van der Waals surface area contributed by atoms with Crippen LogP contribution in [0.2, 0.25) is 0 Å². The highest BCUT2D eigenvalue weighted by Gasteiger charge is 2.21. The van der Waals surface area contributed by atoms with E-state index in [1.54, 1.807) is 24.3 Å². The van der Waals surface area contributed by atoms with Gasteiger partial charge >= 0.3 is 0 Å². The van der Waals surface area contributed by atoms with E-state index in [0.29, 0.717) is 37.4 Å². The highest BCUT2D eigenvalue weighted by atomic mass is 16.5. The van der Waals surface area contributed by atoms with E-state index in [-0.39, 0.29) is 18.3 Å². The standard InChI is InChI=1S/C24H30N2O4/c1-3-23(27)20-7-11-22(12-8-20)30-18-24(28)26-15-13-25(14-16-26)17-19-5-9-21(10-6-19)29-4-2/h5-12H,3-4,13-18H2,1-2H3. The van der Waals surface area contributed by atoms with E-state index >= 15 is 0 Å². The predicted molar refractivity (Wildman–Crippen MR) is 116 cm³/mol. The molecular weight excluding hydrogens is 380 g/mol. The van der Waals surface area contributed by atoms with Crippen molar-refractivity contribution >= 4 is 11.7 Å². The minimum atomic E-state index is -0.00979. The minimum Gasteiger partial charge on any atom is -0.494 e. The average molecular weight is 411 g/mol. The second-order valence-electron chi connectivity index (χ2n) is 7.32. The maximum Gasteiger partial charge on any atom is 0.260 e. The molecule has 6 heteroatoms. The van der Waals surface area contributed by atoms with Crippen molar-refractivity contribution in [2.45, 2.75) is 26.8 Å². The normalized spacial score (nSPS) is 14.4. The van der Waals surface area contributed by atoms with E-state index in [1.165, 1.54) is 5.56 Å². The van der Waals surface area contributed by atoms with E-state index in [4.69, 9.17) is 9.47 Å². The molecule has 0 aliphatic carbocycles. The molecule has 6 nitrogen and oxygen atoms in total. The van der Waals surface area contributed by atoms with Crippen LogP contribution < -0.4 is 9.47 Å². The van der Waals surface area contributed by atoms with Crippen molar-refractivity contribution in [3.8, 4) is 11.5 Å². The Labute approximate surface area is 178 Å². The van der Waals surface area contributed by atoms with Crippen molar-refractivity contribution in [3.63, 3.8) is 0 Å². The van der Waals surface area contributed by atoms with Crippen LogP contribution in [0.1, 0.15) is 36.2 Å². The maximum absolute atomic E-state index is 12.5. The predicted octanol–water partition coefficient (Wildman–Crippen LogP) is 3.40. The molecule has 1 aliphatic heterocycles. The molecule has 0 bridgehead atoms. The zero-order chi connectivity index (χ0) is 21.3. The molecule has 1 heterocycles. The Hall–Kier alpha value is -2.86. The van der Waals surface area contributed by atoms with Crippen LogP contribution in [-0.2, 0) is 11.3 Å². The smallest absolute Gasteiger partial charge is 0.260 e. The Morgan fingerprint density at radius 3 is 2.03 bits per heavy atom. The van der Waals surface area contributed by atoms with E-state index in [2.05, 4.69) is 17.0 Å². The van der Waals surface area contributed by atoms with Gasteiger partial charge in [-0.1, -0.05) is 19.1 Å². The zero-order valence-electron chi connectivity index (χ0n) is 17.8. The lowest BCUT2D eigenvalue weighted by Crippen LogP contribution is -2.49. The van der Waals surface area contributed by atoms with Crippen molar-refractivity contribution in [3.05, 3.63) is 59.7 Å². The summed E-state index contributed by atoms with van der Waals surface area (Å²) in [6.45, 7) is 8.44. The molecule has 0 N–H and O–H groups in total. The largest absolute Gasteiger partial charge is 0.494 e. The number of piperazine rings is 1. The van der Waals surface area contributed by atoms with Gasteiger partial charge in [-0.2, -0.15) is 0 Å². The molecule has 0 unspecified atom stereocenters. The Kier molecular flexibility index (Phi) is 7.85. The van der Waals surface area contributed by atoms with Crippen molar-refractivity contribution in [1.82, 2.24) is 9.80 Å². The number of benzene rings is 2. The van der Waals surface area contributed by atoms with Crippen LogP contribution in [-0.4, -0.2) is 60.9 Å². The summed E-state index contributed by atoms with van der Waals surface area (Å²) in [7, 11) is 0. The summed E-state index contributed by atoms with van der Waals surface area (Å²) >= 11 is 0. The van der Waals surface area contributed by atoms with E-state index < -0.39 is 0 Å². The van der Waals surface area contributed by atoms with Crippen molar-refractivity contribution in [2.75, 3.05) is 39.4 Å². The summed E-state index contributed by atoms with van der Waals surface area (Å²) in [5.74, 6) is 1.58. The number of carbonyl (C=O) groups is 2. The van der Waals surface area contributed by atoms with Crippen LogP contribution in [0.5, 0.6) is 11.5 Å². The summed E-state index contributed by atoms with van der Waals surface area (Å²) in [6.07, 6.45) is 0.475. The number of carbonyl (C=O) groups excluding carboxylic acids is 2. The van der Waals surface area contributed by atoms with Gasteiger partial charge in [0.05, 0.1) is 6.61 Å². The topological polar surface area (TPSA) is 59.1 Å². The molecule has 1 fully saturated rings. The van der Waals surface area contributed by atoms with Crippen LogP contribution in [0.4, 0.5) is 0 Å². The Morgan fingerprint density at radius 1 is 0.833 bits per heavy atom. The molecule has 0 radical (unpaired) electrons. The Morgan fingerprint density at radius 2 is 1.43 bits per heavy atom. The molecule has 3 rings (SSSR count). The van der Waals surface area contributed by atoms with Crippen LogP contribution >= 0.6 is 0 Å². The molecule has 2 aromatic carbocycles. The molecule has 0 saturated carbocycles. The van der Waals surface area contributed by atoms with Crippen LogP contribution in [0, 0.1) is 0 Å². The summed E-state index contributed by atoms with van der Waals surface area (Å²) in [6, 6.07) is 15.2. The lowest BCUT2D eigenvalue weighted by Gasteiger charge is -2.34. The summed E-state index contributed by atoms with van der Waals surface area (Å²) in [4.78, 5) is 28.3. The fraction of sp³-hybridized carbons (Fsp3) is 0.417. The monoisotopic (exact) mass is 410 g/mol. The fourth-order valence-electron chi connectivity index (χ4n) is 3.45. The summed E-state index contributed by atoms with van der Waals surface area (Å²) < 4.78 is 11.1. The SMILES string of the molecule is CCOc1ccc(CN2CCN(C(=O)COc3ccc(C(=O)CC)cc3)CC2)cc1. The zero-order valence-corrected chi connectivity index (χ0v) is 17.8. The van der Waals surface area contributed by atoms with Crippen LogP contribution in [0.15, 0.2) is 48.5 Å². The molecule has 0 aromatic heterocycles. The summed E-state index contributed by atoms with van der Waals surface area (Å²) in [5, 5.41) is 0. The first-order chi connectivity index (χ1) is 14.6. The lowest BCUT2D eigenvalue weighted by molar-refractivity contribution is -0.135. The number of hydrogen-bond donors (Lipinski definition) is 0. The first kappa shape index (κ1) is 21.8. The molecule has 0 atom stereocenters. The number of ketones is 1. The van der Waals surface area contributed by atoms with Crippen molar-refractivity contribution < 1.29 is 19.1 Å². The second-order valence-corrected chi connectivity index (χ2v) is 7.32. The maximum atomic E-state index is 12.5. The number of Topliss-reactive ketones (excluding diaryl/α,β-unsaturated/α-hetero) is 1. The highest BCUT2D eigenvalue weighted by Crippen LogP contribution is 2.16. The van der Waals surface area contributed by atoms with Gasteiger partial charge in [0.2, 0.25) is 0 Å². The number of amides is 1. The van der Waals surface area contributed by atoms with Gasteiger partial charge in [-0.3, -0.25) is 14.5 Å². The molecule has 1 aliphatic rings. The van der Waals surface area contributed by atoms with Gasteiger partial charge in [-0.15, -0.1) is 0 Å². The van der Waals surface area contributed by atoms with E-state index in [1.807, 2.05) is 30.9 Å². The van der Waals surface area contributed by atoms with Gasteiger partial charge in [0.15, 0.2) is 12.4 Å². The van der Waals surface area contributed by atoms with Gasteiger partial charge < -0.3 is 14.4 Å². The van der Waals surface area contributed by atoms with Gasteiger partial charge in [0, 0.05) is 44.7 Å². The molecule has 30 heavy (non-hydrogen) atoms. The molecule has 1 saturated heterocycles. The van der Waals surface area contributed by atoms with Gasteiger partial charge in [0.25, 0.3) is 5.91 Å². The first-order valence-corrected chi connectivity index (χ1v) is 10.6. The van der Waals surface area contributed by atoms with Crippen LogP contribution in [0.3, 0.4) is 0 Å². The average Bonchev–Trinajstić information content (AvgIpc) is 2.79. The molecular formula is C24H30N2O4. The van der Waals surface area contributed by atoms with Crippen molar-refractivity contribution in [2.24, 2.45) is 0 Å². The third-order valence-electron chi connectivity index (χ3n) is 5.23. The van der Waals surface area contributed by atoms with Gasteiger partial charge in [-0.25, -0.2) is 0 Å². The molecule has 160 valence electrons. The van der Waals surface area contributed by atoms with Gasteiger partial charge in [-0.05, 0) is 48.9 Å². The highest BCUT2D eigenvalue weighted by molar-refractivity contribution is 5.95. The summed E-state index contributed by atoms with van der Waals surface area (Å²) in [5.41, 5.74) is 1.91. The van der Waals surface area contributed by atoms with Crippen LogP contribution in [0.25, 0.3) is 0 Å². The molecule has 1 amide bonds. The second kappa shape index (κ2) is 10.8. The van der Waals surface area contributed by atoms with E-state index in [0.717, 1.165) is 25.4 Å². The number of ether oxygens (including phenoxy) is 2. The number of nitrogens with zero attached hydrogens (tertiary/aromatic N) is 2. The third-order valence-corrected chi connectivity index (χ3v) is 5.23. The molecule has 0 spiro atoms. The van der Waals surface area contributed by atoms with Gasteiger partial charge in [0.1, 0.15) is 11.5 Å². The van der Waals surface area contributed by atoms with E-state index in [9.17, 15) is 9.59 Å². The fourth-order valence-corrected chi connectivity index (χ4v) is 3.45. The first-order valence-electron chi connectivity index (χ1n) is 10.6. The molecule has 2 aromatic rings. The minimum absolute atomic E-state index is 0.00979. The number of rotatable bonds is 9. The third kappa shape index (κ3) is 6.07. The Bertz CT molecular complexity index is 825. The Balaban J connectivity index is 1.41. The number of hydrogen-bond acceptors (Lipinski definition) is 5. The quantitative estimate of drug-likeness (QED) is 0.593. The lowest BCUT2D eigenvalue weighted by atomic mass is 10.1.